The fraction of sp³-hybridized carbons (Fsp3) is 0.458. The van der Waals surface area contributed by atoms with Gasteiger partial charge in [-0.2, -0.15) is 4.31 Å². The topological polar surface area (TPSA) is 93.2 Å². The molecular formula is C24H32N4O4S. The van der Waals surface area contributed by atoms with Crippen molar-refractivity contribution in [2.75, 3.05) is 56.0 Å². The maximum absolute atomic E-state index is 13.0. The molecule has 0 saturated carbocycles. The predicted octanol–water partition coefficient (Wildman–Crippen LogP) is 2.64. The molecule has 4 rings (SSSR count). The molecule has 33 heavy (non-hydrogen) atoms. The van der Waals surface area contributed by atoms with Crippen LogP contribution in [0, 0.1) is 6.92 Å². The van der Waals surface area contributed by atoms with Crippen molar-refractivity contribution in [3.63, 3.8) is 0 Å². The molecule has 0 bridgehead atoms. The highest BCUT2D eigenvalue weighted by molar-refractivity contribution is 7.89. The summed E-state index contributed by atoms with van der Waals surface area (Å²) in [6, 6.07) is 12.1. The van der Waals surface area contributed by atoms with Gasteiger partial charge in [0.1, 0.15) is 5.75 Å². The highest BCUT2D eigenvalue weighted by atomic mass is 32.2. The third-order valence-corrected chi connectivity index (χ3v) is 8.28. The number of carbonyl (C=O) groups is 1. The number of nitrogens with one attached hydrogen (secondary N) is 1. The van der Waals surface area contributed by atoms with Crippen LogP contribution in [0.5, 0.6) is 5.75 Å². The van der Waals surface area contributed by atoms with E-state index in [1.807, 2.05) is 19.1 Å². The number of piperidine rings is 1. The van der Waals surface area contributed by atoms with Gasteiger partial charge in [-0.3, -0.25) is 9.69 Å². The van der Waals surface area contributed by atoms with Crippen LogP contribution in [0.25, 0.3) is 0 Å². The Hall–Kier alpha value is -2.62. The summed E-state index contributed by atoms with van der Waals surface area (Å²) in [5.41, 5.74) is 2.43. The van der Waals surface area contributed by atoms with Crippen molar-refractivity contribution in [2.45, 2.75) is 31.1 Å². The zero-order valence-corrected chi connectivity index (χ0v) is 19.9. The second kappa shape index (κ2) is 10.1. The van der Waals surface area contributed by atoms with Gasteiger partial charge in [-0.05, 0) is 61.7 Å². The number of rotatable bonds is 6. The molecule has 2 aliphatic heterocycles. The minimum Gasteiger partial charge on any atom is -0.508 e. The lowest BCUT2D eigenvalue weighted by Gasteiger charge is -2.35. The molecule has 0 unspecified atom stereocenters. The number of piperazine rings is 1. The highest BCUT2D eigenvalue weighted by Gasteiger charge is 2.27. The fourth-order valence-corrected chi connectivity index (χ4v) is 5.91. The standard InChI is InChI=1S/C24H32N4O4S/c1-19-5-10-22(33(31,32)28-11-3-2-4-12-28)17-23(19)25-24(30)18-26-13-15-27(16-14-26)20-6-8-21(29)9-7-20/h5-10,17,29H,2-4,11-16,18H2,1H3,(H,25,30). The van der Waals surface area contributed by atoms with Crippen molar-refractivity contribution >= 4 is 27.3 Å². The molecule has 2 aromatic carbocycles. The zero-order chi connectivity index (χ0) is 23.4. The van der Waals surface area contributed by atoms with E-state index in [0.29, 0.717) is 18.8 Å². The van der Waals surface area contributed by atoms with Gasteiger partial charge in [0.2, 0.25) is 15.9 Å². The van der Waals surface area contributed by atoms with Gasteiger partial charge in [-0.25, -0.2) is 8.42 Å². The summed E-state index contributed by atoms with van der Waals surface area (Å²) in [4.78, 5) is 17.3. The summed E-state index contributed by atoms with van der Waals surface area (Å²) >= 11 is 0. The number of phenolic OH excluding ortho intramolecular Hbond substituents is 1. The van der Waals surface area contributed by atoms with Crippen LogP contribution in [0.1, 0.15) is 24.8 Å². The van der Waals surface area contributed by atoms with E-state index in [1.54, 1.807) is 34.6 Å². The number of amides is 1. The zero-order valence-electron chi connectivity index (χ0n) is 19.0. The molecule has 0 aromatic heterocycles. The van der Waals surface area contributed by atoms with E-state index in [1.165, 1.54) is 0 Å². The number of anilines is 2. The van der Waals surface area contributed by atoms with Crippen molar-refractivity contribution < 1.29 is 18.3 Å². The number of carbonyl (C=O) groups excluding carboxylic acids is 1. The molecule has 2 N–H and O–H groups in total. The molecule has 0 radical (unpaired) electrons. The molecule has 2 fully saturated rings. The van der Waals surface area contributed by atoms with E-state index in [9.17, 15) is 18.3 Å². The summed E-state index contributed by atoms with van der Waals surface area (Å²) in [7, 11) is -3.55. The quantitative estimate of drug-likeness (QED) is 0.672. The van der Waals surface area contributed by atoms with E-state index < -0.39 is 10.0 Å². The Morgan fingerprint density at radius 1 is 0.939 bits per heavy atom. The van der Waals surface area contributed by atoms with Crippen molar-refractivity contribution in [3.05, 3.63) is 48.0 Å². The second-order valence-corrected chi connectivity index (χ2v) is 10.7. The molecule has 0 atom stereocenters. The predicted molar refractivity (Wildman–Crippen MR) is 129 cm³/mol. The number of aryl methyl sites for hydroxylation is 1. The van der Waals surface area contributed by atoms with Gasteiger partial charge < -0.3 is 15.3 Å². The molecule has 0 aliphatic carbocycles. The molecule has 2 heterocycles. The summed E-state index contributed by atoms with van der Waals surface area (Å²) in [6.45, 7) is 6.30. The second-order valence-electron chi connectivity index (χ2n) is 8.77. The van der Waals surface area contributed by atoms with Gasteiger partial charge in [0.15, 0.2) is 0 Å². The van der Waals surface area contributed by atoms with E-state index in [2.05, 4.69) is 15.1 Å². The average molecular weight is 473 g/mol. The van der Waals surface area contributed by atoms with Gasteiger partial charge in [0.25, 0.3) is 0 Å². The molecule has 1 amide bonds. The first-order valence-corrected chi connectivity index (χ1v) is 12.9. The molecule has 2 aromatic rings. The monoisotopic (exact) mass is 472 g/mol. The molecular weight excluding hydrogens is 440 g/mol. The Kier molecular flexibility index (Phi) is 7.21. The van der Waals surface area contributed by atoms with Gasteiger partial charge in [0.05, 0.1) is 11.4 Å². The van der Waals surface area contributed by atoms with E-state index in [-0.39, 0.29) is 23.1 Å². The first-order chi connectivity index (χ1) is 15.8. The smallest absolute Gasteiger partial charge is 0.243 e. The molecule has 0 spiro atoms. The normalized spacial score (nSPS) is 18.3. The number of benzene rings is 2. The number of hydrogen-bond acceptors (Lipinski definition) is 6. The SMILES string of the molecule is Cc1ccc(S(=O)(=O)N2CCCCC2)cc1NC(=O)CN1CCN(c2ccc(O)cc2)CC1. The van der Waals surface area contributed by atoms with Gasteiger partial charge in [-0.1, -0.05) is 12.5 Å². The van der Waals surface area contributed by atoms with Crippen LogP contribution in [0.3, 0.4) is 0 Å². The Balaban J connectivity index is 1.35. The summed E-state index contributed by atoms with van der Waals surface area (Å²) in [6.07, 6.45) is 2.83. The van der Waals surface area contributed by atoms with Gasteiger partial charge >= 0.3 is 0 Å². The van der Waals surface area contributed by atoms with Gasteiger partial charge in [-0.15, -0.1) is 0 Å². The maximum atomic E-state index is 13.0. The lowest BCUT2D eigenvalue weighted by Crippen LogP contribution is -2.48. The molecule has 2 aliphatic rings. The third kappa shape index (κ3) is 5.66. The number of phenols is 1. The summed E-state index contributed by atoms with van der Waals surface area (Å²) in [5, 5.41) is 12.4. The van der Waals surface area contributed by atoms with E-state index >= 15 is 0 Å². The van der Waals surface area contributed by atoms with Crippen molar-refractivity contribution in [2.24, 2.45) is 0 Å². The minimum atomic E-state index is -3.55. The van der Waals surface area contributed by atoms with Crippen LogP contribution in [0.2, 0.25) is 0 Å². The minimum absolute atomic E-state index is 0.149. The van der Waals surface area contributed by atoms with Crippen molar-refractivity contribution in [1.82, 2.24) is 9.21 Å². The first-order valence-electron chi connectivity index (χ1n) is 11.5. The Morgan fingerprint density at radius 3 is 2.27 bits per heavy atom. The van der Waals surface area contributed by atoms with Gasteiger partial charge in [0, 0.05) is 50.6 Å². The Bertz CT molecular complexity index is 1070. The summed E-state index contributed by atoms with van der Waals surface area (Å²) in [5.74, 6) is 0.0980. The van der Waals surface area contributed by atoms with Crippen LogP contribution < -0.4 is 10.2 Å². The Labute approximate surface area is 195 Å². The van der Waals surface area contributed by atoms with Crippen LogP contribution >= 0.6 is 0 Å². The highest BCUT2D eigenvalue weighted by Crippen LogP contribution is 2.25. The third-order valence-electron chi connectivity index (χ3n) is 6.39. The average Bonchev–Trinajstić information content (AvgIpc) is 2.82. The van der Waals surface area contributed by atoms with Crippen LogP contribution in [0.15, 0.2) is 47.4 Å². The molecule has 178 valence electrons. The lowest BCUT2D eigenvalue weighted by molar-refractivity contribution is -0.117. The first kappa shape index (κ1) is 23.5. The van der Waals surface area contributed by atoms with E-state index in [4.69, 9.17) is 0 Å². The summed E-state index contributed by atoms with van der Waals surface area (Å²) < 4.78 is 27.6. The maximum Gasteiger partial charge on any atom is 0.243 e. The molecule has 9 heteroatoms. The number of sulfonamides is 1. The largest absolute Gasteiger partial charge is 0.508 e. The van der Waals surface area contributed by atoms with Crippen LogP contribution in [-0.2, 0) is 14.8 Å². The van der Waals surface area contributed by atoms with Crippen LogP contribution in [0.4, 0.5) is 11.4 Å². The number of hydrogen-bond donors (Lipinski definition) is 2. The number of nitrogens with zero attached hydrogens (tertiary/aromatic N) is 3. The number of aromatic hydroxyl groups is 1. The van der Waals surface area contributed by atoms with Crippen molar-refractivity contribution in [3.8, 4) is 5.75 Å². The molecule has 8 nitrogen and oxygen atoms in total. The van der Waals surface area contributed by atoms with Crippen molar-refractivity contribution in [1.29, 1.82) is 0 Å². The van der Waals surface area contributed by atoms with E-state index in [0.717, 1.165) is 56.7 Å². The Morgan fingerprint density at radius 2 is 1.61 bits per heavy atom. The molecule has 2 saturated heterocycles. The fourth-order valence-electron chi connectivity index (χ4n) is 4.37. The lowest BCUT2D eigenvalue weighted by atomic mass is 10.2. The van der Waals surface area contributed by atoms with Crippen LogP contribution in [-0.4, -0.2) is 74.4 Å².